The van der Waals surface area contributed by atoms with Crippen molar-refractivity contribution >= 4 is 17.6 Å². The molecule has 92 valence electrons. The molecular weight excluding hydrogens is 222 g/mol. The summed E-state index contributed by atoms with van der Waals surface area (Å²) in [7, 11) is 1.81. The Morgan fingerprint density at radius 3 is 2.75 bits per heavy atom. The van der Waals surface area contributed by atoms with Gasteiger partial charge in [-0.05, 0) is 18.3 Å². The van der Waals surface area contributed by atoms with Crippen LogP contribution in [0.15, 0.2) is 16.6 Å². The van der Waals surface area contributed by atoms with Gasteiger partial charge in [-0.15, -0.1) is 0 Å². The van der Waals surface area contributed by atoms with Crippen LogP contribution in [-0.2, 0) is 0 Å². The van der Waals surface area contributed by atoms with Gasteiger partial charge in [0.1, 0.15) is 0 Å². The number of nitrogens with zero attached hydrogens (tertiary/aromatic N) is 2. The molecule has 0 spiro atoms. The summed E-state index contributed by atoms with van der Waals surface area (Å²) in [6.45, 7) is 11.0. The Bertz CT molecular complexity index is 288. The zero-order chi connectivity index (χ0) is 12.2. The fraction of sp³-hybridized carbons (Fsp3) is 0.750. The van der Waals surface area contributed by atoms with E-state index in [0.29, 0.717) is 17.0 Å². The summed E-state index contributed by atoms with van der Waals surface area (Å²) in [6, 6.07) is 0. The number of hydrogen-bond acceptors (Lipinski definition) is 1. The average Bonchev–Trinajstić information content (AvgIpc) is 2.63. The molecule has 1 fully saturated rings. The Labute approximate surface area is 104 Å². The molecule has 0 aliphatic carbocycles. The van der Waals surface area contributed by atoms with Crippen molar-refractivity contribution in [1.29, 1.82) is 0 Å². The van der Waals surface area contributed by atoms with Gasteiger partial charge in [0.25, 0.3) is 0 Å². The van der Waals surface area contributed by atoms with Gasteiger partial charge in [-0.25, -0.2) is 0 Å². The van der Waals surface area contributed by atoms with E-state index in [2.05, 4.69) is 35.6 Å². The molecule has 1 saturated heterocycles. The molecule has 1 unspecified atom stereocenters. The van der Waals surface area contributed by atoms with Gasteiger partial charge in [0.05, 0.1) is 6.54 Å². The molecule has 0 radical (unpaired) electrons. The first-order valence-electron chi connectivity index (χ1n) is 5.79. The van der Waals surface area contributed by atoms with Crippen LogP contribution in [0.3, 0.4) is 0 Å². The van der Waals surface area contributed by atoms with Crippen molar-refractivity contribution in [2.24, 2.45) is 10.4 Å². The summed E-state index contributed by atoms with van der Waals surface area (Å²) in [5.74, 6) is 0.930. The molecule has 3 nitrogen and oxygen atoms in total. The summed E-state index contributed by atoms with van der Waals surface area (Å²) >= 11 is 5.74. The van der Waals surface area contributed by atoms with E-state index >= 15 is 0 Å². The standard InChI is InChI=1S/C12H22ClN3/c1-5-12(3)6-7-16(9-12)11(14-4)15-8-10(2)13/h2,5-9H2,1,3-4H3,(H,14,15). The van der Waals surface area contributed by atoms with Gasteiger partial charge in [-0.3, -0.25) is 4.99 Å². The number of nitrogens with one attached hydrogen (secondary N) is 1. The zero-order valence-electron chi connectivity index (χ0n) is 10.5. The molecule has 1 heterocycles. The van der Waals surface area contributed by atoms with Crippen molar-refractivity contribution in [1.82, 2.24) is 10.2 Å². The summed E-state index contributed by atoms with van der Waals surface area (Å²) < 4.78 is 0. The number of hydrogen-bond donors (Lipinski definition) is 1. The zero-order valence-corrected chi connectivity index (χ0v) is 11.3. The summed E-state index contributed by atoms with van der Waals surface area (Å²) in [5, 5.41) is 3.83. The second-order valence-electron chi connectivity index (χ2n) is 4.75. The lowest BCUT2D eigenvalue weighted by Gasteiger charge is -2.25. The Morgan fingerprint density at radius 1 is 1.62 bits per heavy atom. The molecule has 1 N–H and O–H groups in total. The van der Waals surface area contributed by atoms with Crippen molar-refractivity contribution in [2.45, 2.75) is 26.7 Å². The van der Waals surface area contributed by atoms with Crippen LogP contribution in [-0.4, -0.2) is 37.5 Å². The minimum atomic E-state index is 0.426. The molecule has 0 saturated carbocycles. The lowest BCUT2D eigenvalue weighted by atomic mass is 9.87. The van der Waals surface area contributed by atoms with Crippen LogP contribution in [0.4, 0.5) is 0 Å². The Hall–Kier alpha value is -0.700. The maximum Gasteiger partial charge on any atom is 0.193 e. The van der Waals surface area contributed by atoms with Crippen LogP contribution in [0, 0.1) is 5.41 Å². The van der Waals surface area contributed by atoms with Gasteiger partial charge in [0.2, 0.25) is 0 Å². The summed E-state index contributed by atoms with van der Waals surface area (Å²) in [6.07, 6.45) is 2.44. The Balaban J connectivity index is 2.53. The van der Waals surface area contributed by atoms with Crippen molar-refractivity contribution < 1.29 is 0 Å². The number of likely N-dealkylation sites (tertiary alicyclic amines) is 1. The van der Waals surface area contributed by atoms with E-state index in [1.165, 1.54) is 12.8 Å². The van der Waals surface area contributed by atoms with E-state index in [0.717, 1.165) is 19.0 Å². The highest BCUT2D eigenvalue weighted by Crippen LogP contribution is 2.32. The monoisotopic (exact) mass is 243 g/mol. The van der Waals surface area contributed by atoms with Crippen molar-refractivity contribution in [3.63, 3.8) is 0 Å². The largest absolute Gasteiger partial charge is 0.351 e. The summed E-state index contributed by atoms with van der Waals surface area (Å²) in [4.78, 5) is 6.57. The SMILES string of the molecule is C=C(Cl)CNC(=NC)N1CCC(C)(CC)C1. The second kappa shape index (κ2) is 5.58. The molecule has 4 heteroatoms. The van der Waals surface area contributed by atoms with E-state index in [1.54, 1.807) is 7.05 Å². The fourth-order valence-corrected chi connectivity index (χ4v) is 2.07. The van der Waals surface area contributed by atoms with Gasteiger partial charge in [-0.2, -0.15) is 0 Å². The first kappa shape index (κ1) is 13.4. The minimum absolute atomic E-state index is 0.426. The Morgan fingerprint density at radius 2 is 2.31 bits per heavy atom. The normalized spacial score (nSPS) is 26.0. The van der Waals surface area contributed by atoms with Crippen molar-refractivity contribution in [3.8, 4) is 0 Å². The highest BCUT2D eigenvalue weighted by molar-refractivity contribution is 6.29. The lowest BCUT2D eigenvalue weighted by Crippen LogP contribution is -2.41. The van der Waals surface area contributed by atoms with Crippen LogP contribution in [0.5, 0.6) is 0 Å². The van der Waals surface area contributed by atoms with E-state index < -0.39 is 0 Å². The van der Waals surface area contributed by atoms with Gasteiger partial charge in [0.15, 0.2) is 5.96 Å². The highest BCUT2D eigenvalue weighted by atomic mass is 35.5. The molecule has 0 bridgehead atoms. The molecule has 1 atom stereocenters. The lowest BCUT2D eigenvalue weighted by molar-refractivity contribution is 0.322. The number of aliphatic imine (C=N–C) groups is 1. The van der Waals surface area contributed by atoms with E-state index in [9.17, 15) is 0 Å². The molecule has 0 amide bonds. The summed E-state index contributed by atoms with van der Waals surface area (Å²) in [5.41, 5.74) is 0.426. The number of guanidine groups is 1. The van der Waals surface area contributed by atoms with Crippen molar-refractivity contribution in [3.05, 3.63) is 11.6 Å². The number of rotatable bonds is 3. The highest BCUT2D eigenvalue weighted by Gasteiger charge is 2.33. The smallest absolute Gasteiger partial charge is 0.193 e. The van der Waals surface area contributed by atoms with E-state index in [1.807, 2.05) is 0 Å². The van der Waals surface area contributed by atoms with Crippen LogP contribution in [0.1, 0.15) is 26.7 Å². The molecule has 0 aromatic carbocycles. The van der Waals surface area contributed by atoms with Crippen LogP contribution < -0.4 is 5.32 Å². The maximum absolute atomic E-state index is 5.74. The first-order chi connectivity index (χ1) is 7.50. The third-order valence-electron chi connectivity index (χ3n) is 3.36. The molecule has 0 aromatic rings. The molecular formula is C12H22ClN3. The van der Waals surface area contributed by atoms with Gasteiger partial charge < -0.3 is 10.2 Å². The third-order valence-corrected chi connectivity index (χ3v) is 3.49. The third kappa shape index (κ3) is 3.41. The predicted molar refractivity (Wildman–Crippen MR) is 70.9 cm³/mol. The fourth-order valence-electron chi connectivity index (χ4n) is 2.00. The Kier molecular flexibility index (Phi) is 4.66. The van der Waals surface area contributed by atoms with Crippen LogP contribution in [0.25, 0.3) is 0 Å². The number of halogens is 1. The van der Waals surface area contributed by atoms with Gasteiger partial charge >= 0.3 is 0 Å². The average molecular weight is 244 g/mol. The first-order valence-corrected chi connectivity index (χ1v) is 6.17. The quantitative estimate of drug-likeness (QED) is 0.609. The van der Waals surface area contributed by atoms with E-state index in [4.69, 9.17) is 11.6 Å². The minimum Gasteiger partial charge on any atom is -0.351 e. The van der Waals surface area contributed by atoms with Crippen LogP contribution in [0.2, 0.25) is 0 Å². The van der Waals surface area contributed by atoms with Crippen LogP contribution >= 0.6 is 11.6 Å². The van der Waals surface area contributed by atoms with Gasteiger partial charge in [-0.1, -0.05) is 32.0 Å². The molecule has 1 aliphatic rings. The van der Waals surface area contributed by atoms with Crippen molar-refractivity contribution in [2.75, 3.05) is 26.7 Å². The molecule has 16 heavy (non-hydrogen) atoms. The predicted octanol–water partition coefficient (Wildman–Crippen LogP) is 2.44. The molecule has 1 rings (SSSR count). The van der Waals surface area contributed by atoms with E-state index in [-0.39, 0.29) is 0 Å². The topological polar surface area (TPSA) is 27.6 Å². The maximum atomic E-state index is 5.74. The second-order valence-corrected chi connectivity index (χ2v) is 5.29. The van der Waals surface area contributed by atoms with Gasteiger partial charge in [0, 0.05) is 25.2 Å². The molecule has 0 aromatic heterocycles. The molecule has 1 aliphatic heterocycles.